The van der Waals surface area contributed by atoms with Crippen molar-refractivity contribution < 1.29 is 31.1 Å². The Hall–Kier alpha value is -1.88. The number of halogens is 3. The molecule has 0 aromatic heterocycles. The van der Waals surface area contributed by atoms with Crippen LogP contribution in [0, 0.1) is 30.9 Å². The van der Waals surface area contributed by atoms with Crippen molar-refractivity contribution in [2.24, 2.45) is 0 Å². The smallest absolute Gasteiger partial charge is 0.398 e. The van der Waals surface area contributed by atoms with E-state index in [2.05, 4.69) is 0 Å². The van der Waals surface area contributed by atoms with Gasteiger partial charge in [-0.25, -0.2) is 0 Å². The average Bonchev–Trinajstić information content (AvgIpc) is 2.23. The molecule has 120 valence electrons. The van der Waals surface area contributed by atoms with E-state index in [1.807, 2.05) is 0 Å². The van der Waals surface area contributed by atoms with Gasteiger partial charge in [-0.2, -0.15) is 21.6 Å². The maximum atomic E-state index is 10.7. The van der Waals surface area contributed by atoms with Gasteiger partial charge in [0.05, 0.1) is 4.92 Å². The van der Waals surface area contributed by atoms with Crippen LogP contribution in [-0.4, -0.2) is 23.4 Å². The Balaban J connectivity index is 0.000000433. The van der Waals surface area contributed by atoms with Crippen LogP contribution in [0.3, 0.4) is 0 Å². The number of aryl methyl sites for hydroxylation is 1. The summed E-state index contributed by atoms with van der Waals surface area (Å²) in [6.07, 6.45) is 0. The number of hydrogen-bond acceptors (Lipinski definition) is 5. The molecular weight excluding hydrogens is 317 g/mol. The van der Waals surface area contributed by atoms with Gasteiger partial charge in [0.1, 0.15) is 0 Å². The number of rotatable bonds is 1. The number of nitrogen functional groups attached to an aromatic ring is 1. The molecule has 0 aliphatic heterocycles. The maximum absolute atomic E-state index is 10.7. The van der Waals surface area contributed by atoms with Gasteiger partial charge >= 0.3 is 15.6 Å². The number of anilines is 1. The minimum Gasteiger partial charge on any atom is -0.398 e. The van der Waals surface area contributed by atoms with Gasteiger partial charge in [0, 0.05) is 16.8 Å². The molecule has 0 heterocycles. The van der Waals surface area contributed by atoms with Crippen LogP contribution in [-0.2, 0) is 10.1 Å². The first-order valence-corrected chi connectivity index (χ1v) is 6.68. The molecule has 0 fully saturated rings. The van der Waals surface area contributed by atoms with Gasteiger partial charge in [-0.05, 0) is 32.4 Å². The molecule has 1 aromatic rings. The molecule has 0 amide bonds. The lowest BCUT2D eigenvalue weighted by Gasteiger charge is -2.07. The number of benzene rings is 1. The zero-order valence-corrected chi connectivity index (χ0v) is 12.0. The molecule has 11 heteroatoms. The van der Waals surface area contributed by atoms with Crippen LogP contribution < -0.4 is 5.73 Å². The first kappa shape index (κ1) is 19.1. The third kappa shape index (κ3) is 4.86. The second-order valence-electron chi connectivity index (χ2n) is 4.06. The van der Waals surface area contributed by atoms with Crippen molar-refractivity contribution in [3.05, 3.63) is 32.9 Å². The number of nitro groups is 1. The van der Waals surface area contributed by atoms with Crippen molar-refractivity contribution in [1.29, 1.82) is 0 Å². The lowest BCUT2D eigenvalue weighted by atomic mass is 10.0. The number of alkyl halides is 3. The Bertz CT molecular complexity index is 656. The van der Waals surface area contributed by atoms with Gasteiger partial charge in [-0.15, -0.1) is 0 Å². The van der Waals surface area contributed by atoms with Crippen molar-refractivity contribution >= 4 is 21.5 Å². The van der Waals surface area contributed by atoms with Gasteiger partial charge < -0.3 is 5.73 Å². The summed E-state index contributed by atoms with van der Waals surface area (Å²) < 4.78 is 57.5. The Morgan fingerprint density at radius 3 is 1.90 bits per heavy atom. The van der Waals surface area contributed by atoms with E-state index in [0.717, 1.165) is 5.56 Å². The highest BCUT2D eigenvalue weighted by molar-refractivity contribution is 7.86. The van der Waals surface area contributed by atoms with E-state index < -0.39 is 15.6 Å². The lowest BCUT2D eigenvalue weighted by molar-refractivity contribution is -0.386. The van der Waals surface area contributed by atoms with E-state index in [1.165, 1.54) is 0 Å². The molecule has 7 nitrogen and oxygen atoms in total. The van der Waals surface area contributed by atoms with Crippen LogP contribution in [0.4, 0.5) is 24.5 Å². The molecule has 0 aliphatic rings. The topological polar surface area (TPSA) is 124 Å². The van der Waals surface area contributed by atoms with Gasteiger partial charge in [0.2, 0.25) is 0 Å². The fraction of sp³-hybridized carbons (Fsp3) is 0.400. The van der Waals surface area contributed by atoms with E-state index in [-0.39, 0.29) is 10.6 Å². The van der Waals surface area contributed by atoms with Crippen LogP contribution in [0.5, 0.6) is 0 Å². The van der Waals surface area contributed by atoms with Crippen molar-refractivity contribution in [2.75, 3.05) is 5.73 Å². The zero-order valence-electron chi connectivity index (χ0n) is 11.2. The first-order valence-electron chi connectivity index (χ1n) is 5.24. The Kier molecular flexibility index (Phi) is 5.70. The summed E-state index contributed by atoms with van der Waals surface area (Å²) in [5.74, 6) is 0. The second-order valence-corrected chi connectivity index (χ2v) is 5.47. The van der Waals surface area contributed by atoms with Gasteiger partial charge in [-0.3, -0.25) is 14.7 Å². The van der Waals surface area contributed by atoms with Gasteiger partial charge in [0.15, 0.2) is 0 Å². The summed E-state index contributed by atoms with van der Waals surface area (Å²) in [4.78, 5) is 10.3. The minimum atomic E-state index is -5.84. The quantitative estimate of drug-likeness (QED) is 0.268. The average molecular weight is 330 g/mol. The molecule has 0 bridgehead atoms. The number of hydrogen-bond donors (Lipinski definition) is 2. The molecule has 0 saturated carbocycles. The molecule has 0 saturated heterocycles. The summed E-state index contributed by atoms with van der Waals surface area (Å²) in [6, 6.07) is 1.64. The van der Waals surface area contributed by atoms with Crippen molar-refractivity contribution in [1.82, 2.24) is 0 Å². The maximum Gasteiger partial charge on any atom is 0.522 e. The predicted octanol–water partition coefficient (Wildman–Crippen LogP) is 2.50. The minimum absolute atomic E-state index is 0.173. The third-order valence-corrected chi connectivity index (χ3v) is 3.16. The lowest BCUT2D eigenvalue weighted by Crippen LogP contribution is -2.21. The Morgan fingerprint density at radius 1 is 1.24 bits per heavy atom. The molecule has 21 heavy (non-hydrogen) atoms. The number of nitrogens with zero attached hydrogens (tertiary/aromatic N) is 1. The monoisotopic (exact) mass is 330 g/mol. The molecule has 1 aromatic carbocycles. The van der Waals surface area contributed by atoms with Gasteiger partial charge in [0.25, 0.3) is 5.69 Å². The summed E-state index contributed by atoms with van der Waals surface area (Å²) in [5, 5.41) is 10.7. The van der Waals surface area contributed by atoms with Crippen LogP contribution in [0.1, 0.15) is 16.7 Å². The highest BCUT2D eigenvalue weighted by Gasteiger charge is 2.44. The molecule has 3 N–H and O–H groups in total. The Morgan fingerprint density at radius 2 is 1.62 bits per heavy atom. The molecule has 0 unspecified atom stereocenters. The van der Waals surface area contributed by atoms with Crippen molar-refractivity contribution in [3.63, 3.8) is 0 Å². The van der Waals surface area contributed by atoms with Crippen molar-refractivity contribution in [2.45, 2.75) is 26.3 Å². The summed E-state index contributed by atoms with van der Waals surface area (Å²) >= 11 is 0. The molecule has 0 radical (unpaired) electrons. The standard InChI is InChI=1S/C9H12N2O2.CHF3O3S/c1-5-4-8(10)6(2)7(3)9(5)11(12)13;2-1(3,4)8(5,6)7/h4H,10H2,1-3H3;(H,5,6,7). The summed E-state index contributed by atoms with van der Waals surface area (Å²) in [5.41, 5.74) is 2.98. The fourth-order valence-corrected chi connectivity index (χ4v) is 1.38. The van der Waals surface area contributed by atoms with Gasteiger partial charge in [-0.1, -0.05) is 0 Å². The molecule has 1 rings (SSSR count). The largest absolute Gasteiger partial charge is 0.522 e. The predicted molar refractivity (Wildman–Crippen MR) is 69.3 cm³/mol. The molecule has 0 spiro atoms. The van der Waals surface area contributed by atoms with Crippen LogP contribution in [0.2, 0.25) is 0 Å². The molecular formula is C10H13F3N2O5S. The highest BCUT2D eigenvalue weighted by atomic mass is 32.2. The van der Waals surface area contributed by atoms with Crippen molar-refractivity contribution in [3.8, 4) is 0 Å². The van der Waals surface area contributed by atoms with E-state index in [1.54, 1.807) is 26.8 Å². The van der Waals surface area contributed by atoms with E-state index in [9.17, 15) is 23.3 Å². The first-order chi connectivity index (χ1) is 9.20. The molecule has 0 atom stereocenters. The zero-order chi connectivity index (χ0) is 17.2. The van der Waals surface area contributed by atoms with Crippen LogP contribution in [0.15, 0.2) is 6.07 Å². The van der Waals surface area contributed by atoms with E-state index in [0.29, 0.717) is 16.8 Å². The fourth-order valence-electron chi connectivity index (χ4n) is 1.38. The number of nitrogens with two attached hydrogens (primary N) is 1. The van der Waals surface area contributed by atoms with E-state index >= 15 is 0 Å². The summed E-state index contributed by atoms with van der Waals surface area (Å²) in [7, 11) is -5.84. The summed E-state index contributed by atoms with van der Waals surface area (Å²) in [6.45, 7) is 5.20. The van der Waals surface area contributed by atoms with Crippen LogP contribution in [0.25, 0.3) is 0 Å². The SMILES string of the molecule is Cc1cc(N)c(C)c(C)c1[N+](=O)[O-].O=S(=O)(O)C(F)(F)F. The van der Waals surface area contributed by atoms with Crippen LogP contribution >= 0.6 is 0 Å². The second kappa shape index (κ2) is 6.26. The normalized spacial score (nSPS) is 11.6. The molecule has 0 aliphatic carbocycles. The highest BCUT2D eigenvalue weighted by Crippen LogP contribution is 2.29. The van der Waals surface area contributed by atoms with E-state index in [4.69, 9.17) is 18.7 Å². The third-order valence-electron chi connectivity index (χ3n) is 2.57. The number of nitro benzene ring substituents is 1. The Labute approximate surface area is 118 Å².